The second kappa shape index (κ2) is 9.83. The third-order valence-electron chi connectivity index (χ3n) is 4.39. The van der Waals surface area contributed by atoms with Gasteiger partial charge in [0.25, 0.3) is 5.91 Å². The van der Waals surface area contributed by atoms with Crippen LogP contribution < -0.4 is 19.5 Å². The van der Waals surface area contributed by atoms with E-state index in [2.05, 4.69) is 36.3 Å². The highest BCUT2D eigenvalue weighted by molar-refractivity contribution is 5.98. The molecular weight excluding hydrogens is 344 g/mol. The molecule has 0 bridgehead atoms. The molecule has 2 aromatic rings. The predicted molar refractivity (Wildman–Crippen MR) is 106 cm³/mol. The van der Waals surface area contributed by atoms with Crippen LogP contribution in [-0.2, 0) is 13.1 Å². The SMILES string of the molecule is CCN(C)Cc1cccc(CNC(=O)c2ccc(OC)c(OC)c2OC)c1. The highest BCUT2D eigenvalue weighted by Crippen LogP contribution is 2.39. The van der Waals surface area contributed by atoms with Crippen LogP contribution in [0.1, 0.15) is 28.4 Å². The molecule has 0 spiro atoms. The van der Waals surface area contributed by atoms with E-state index in [0.29, 0.717) is 29.4 Å². The van der Waals surface area contributed by atoms with Crippen LogP contribution in [0.4, 0.5) is 0 Å². The largest absolute Gasteiger partial charge is 0.493 e. The van der Waals surface area contributed by atoms with Crippen molar-refractivity contribution in [2.24, 2.45) is 0 Å². The third-order valence-corrected chi connectivity index (χ3v) is 4.39. The van der Waals surface area contributed by atoms with Gasteiger partial charge in [-0.1, -0.05) is 31.2 Å². The van der Waals surface area contributed by atoms with Gasteiger partial charge in [-0.15, -0.1) is 0 Å². The number of rotatable bonds is 9. The molecule has 2 aromatic carbocycles. The summed E-state index contributed by atoms with van der Waals surface area (Å²) in [5.74, 6) is 1.03. The maximum Gasteiger partial charge on any atom is 0.255 e. The highest BCUT2D eigenvalue weighted by atomic mass is 16.5. The highest BCUT2D eigenvalue weighted by Gasteiger charge is 2.20. The molecule has 1 N–H and O–H groups in total. The molecule has 0 aliphatic carbocycles. The van der Waals surface area contributed by atoms with E-state index in [1.807, 2.05) is 12.1 Å². The summed E-state index contributed by atoms with van der Waals surface area (Å²) in [4.78, 5) is 14.9. The van der Waals surface area contributed by atoms with Crippen LogP contribution in [-0.4, -0.2) is 45.7 Å². The van der Waals surface area contributed by atoms with Gasteiger partial charge in [0, 0.05) is 13.1 Å². The van der Waals surface area contributed by atoms with Gasteiger partial charge in [-0.2, -0.15) is 0 Å². The van der Waals surface area contributed by atoms with Gasteiger partial charge in [-0.25, -0.2) is 0 Å². The molecule has 27 heavy (non-hydrogen) atoms. The van der Waals surface area contributed by atoms with E-state index in [1.54, 1.807) is 19.2 Å². The molecule has 0 saturated carbocycles. The minimum absolute atomic E-state index is 0.233. The topological polar surface area (TPSA) is 60.0 Å². The molecule has 0 atom stereocenters. The molecule has 0 unspecified atom stereocenters. The van der Waals surface area contributed by atoms with Crippen LogP contribution in [0.5, 0.6) is 17.2 Å². The van der Waals surface area contributed by atoms with Gasteiger partial charge in [-0.05, 0) is 36.9 Å². The van der Waals surface area contributed by atoms with Crippen molar-refractivity contribution in [3.63, 3.8) is 0 Å². The molecule has 1 amide bonds. The standard InChI is InChI=1S/C21H28N2O4/c1-6-23(2)14-16-9-7-8-15(12-16)13-22-21(24)17-10-11-18(25-3)20(27-5)19(17)26-4/h7-12H,6,13-14H2,1-5H3,(H,22,24). The lowest BCUT2D eigenvalue weighted by Gasteiger charge is -2.16. The molecule has 6 heteroatoms. The Kier molecular flexibility index (Phi) is 7.49. The van der Waals surface area contributed by atoms with Crippen molar-refractivity contribution in [1.82, 2.24) is 10.2 Å². The third kappa shape index (κ3) is 5.14. The van der Waals surface area contributed by atoms with Gasteiger partial charge in [0.15, 0.2) is 11.5 Å². The van der Waals surface area contributed by atoms with Gasteiger partial charge in [0.05, 0.1) is 26.9 Å². The fourth-order valence-corrected chi connectivity index (χ4v) is 2.82. The van der Waals surface area contributed by atoms with Gasteiger partial charge in [-0.3, -0.25) is 4.79 Å². The summed E-state index contributed by atoms with van der Waals surface area (Å²) in [6, 6.07) is 11.6. The Balaban J connectivity index is 2.13. The Labute approximate surface area is 161 Å². The average Bonchev–Trinajstić information content (AvgIpc) is 2.70. The monoisotopic (exact) mass is 372 g/mol. The van der Waals surface area contributed by atoms with E-state index in [9.17, 15) is 4.79 Å². The summed E-state index contributed by atoms with van der Waals surface area (Å²) < 4.78 is 16.0. The first-order valence-electron chi connectivity index (χ1n) is 8.87. The lowest BCUT2D eigenvalue weighted by Crippen LogP contribution is -2.24. The van der Waals surface area contributed by atoms with Gasteiger partial charge in [0.1, 0.15) is 0 Å². The fraction of sp³-hybridized carbons (Fsp3) is 0.381. The molecule has 0 saturated heterocycles. The summed E-state index contributed by atoms with van der Waals surface area (Å²) in [6.07, 6.45) is 0. The Morgan fingerprint density at radius 3 is 2.33 bits per heavy atom. The van der Waals surface area contributed by atoms with E-state index in [4.69, 9.17) is 14.2 Å². The normalized spacial score (nSPS) is 10.6. The molecular formula is C21H28N2O4. The van der Waals surface area contributed by atoms with Crippen LogP contribution in [0, 0.1) is 0 Å². The fourth-order valence-electron chi connectivity index (χ4n) is 2.82. The molecule has 0 heterocycles. The molecule has 146 valence electrons. The second-order valence-electron chi connectivity index (χ2n) is 6.21. The number of carbonyl (C=O) groups excluding carboxylic acids is 1. The Morgan fingerprint density at radius 2 is 1.70 bits per heavy atom. The first-order chi connectivity index (χ1) is 13.0. The summed E-state index contributed by atoms with van der Waals surface area (Å²) >= 11 is 0. The van der Waals surface area contributed by atoms with Crippen molar-refractivity contribution < 1.29 is 19.0 Å². The van der Waals surface area contributed by atoms with E-state index in [1.165, 1.54) is 19.8 Å². The van der Waals surface area contributed by atoms with Crippen LogP contribution in [0.3, 0.4) is 0 Å². The van der Waals surface area contributed by atoms with Crippen molar-refractivity contribution in [1.29, 1.82) is 0 Å². The quantitative estimate of drug-likeness (QED) is 0.733. The maximum atomic E-state index is 12.7. The van der Waals surface area contributed by atoms with E-state index in [0.717, 1.165) is 18.7 Å². The van der Waals surface area contributed by atoms with Crippen molar-refractivity contribution in [3.05, 3.63) is 53.1 Å². The summed E-state index contributed by atoms with van der Waals surface area (Å²) in [5.41, 5.74) is 2.66. The molecule has 0 radical (unpaired) electrons. The summed E-state index contributed by atoms with van der Waals surface area (Å²) in [5, 5.41) is 2.94. The lowest BCUT2D eigenvalue weighted by molar-refractivity contribution is 0.0947. The number of nitrogens with one attached hydrogen (secondary N) is 1. The smallest absolute Gasteiger partial charge is 0.255 e. The van der Waals surface area contributed by atoms with Gasteiger partial charge in [0.2, 0.25) is 5.75 Å². The Bertz CT molecular complexity index is 777. The van der Waals surface area contributed by atoms with Crippen LogP contribution in [0.2, 0.25) is 0 Å². The van der Waals surface area contributed by atoms with Crippen LogP contribution in [0.15, 0.2) is 36.4 Å². The number of methoxy groups -OCH3 is 3. The minimum atomic E-state index is -0.233. The number of carbonyl (C=O) groups is 1. The van der Waals surface area contributed by atoms with Crippen molar-refractivity contribution >= 4 is 5.91 Å². The lowest BCUT2D eigenvalue weighted by atomic mass is 10.1. The molecule has 2 rings (SSSR count). The first-order valence-corrected chi connectivity index (χ1v) is 8.87. The zero-order valence-electron chi connectivity index (χ0n) is 16.7. The van der Waals surface area contributed by atoms with Gasteiger partial charge < -0.3 is 24.4 Å². The summed E-state index contributed by atoms with van der Waals surface area (Å²) in [7, 11) is 6.64. The molecule has 0 aliphatic heterocycles. The van der Waals surface area contributed by atoms with Crippen molar-refractivity contribution in [3.8, 4) is 17.2 Å². The molecule has 0 aliphatic rings. The number of amides is 1. The second-order valence-corrected chi connectivity index (χ2v) is 6.21. The maximum absolute atomic E-state index is 12.7. The predicted octanol–water partition coefficient (Wildman–Crippen LogP) is 3.09. The number of ether oxygens (including phenoxy) is 3. The van der Waals surface area contributed by atoms with Crippen LogP contribution >= 0.6 is 0 Å². The van der Waals surface area contributed by atoms with E-state index < -0.39 is 0 Å². The van der Waals surface area contributed by atoms with Crippen LogP contribution in [0.25, 0.3) is 0 Å². The zero-order valence-corrected chi connectivity index (χ0v) is 16.7. The van der Waals surface area contributed by atoms with Gasteiger partial charge >= 0.3 is 0 Å². The molecule has 0 aromatic heterocycles. The van der Waals surface area contributed by atoms with E-state index >= 15 is 0 Å². The number of benzene rings is 2. The minimum Gasteiger partial charge on any atom is -0.493 e. The van der Waals surface area contributed by atoms with E-state index in [-0.39, 0.29) is 5.91 Å². The Morgan fingerprint density at radius 1 is 1.00 bits per heavy atom. The molecule has 6 nitrogen and oxygen atoms in total. The number of hydrogen-bond acceptors (Lipinski definition) is 5. The van der Waals surface area contributed by atoms with Crippen molar-refractivity contribution in [2.45, 2.75) is 20.0 Å². The van der Waals surface area contributed by atoms with Crippen molar-refractivity contribution in [2.75, 3.05) is 34.9 Å². The number of hydrogen-bond donors (Lipinski definition) is 1. The number of nitrogens with zero attached hydrogens (tertiary/aromatic N) is 1. The Hall–Kier alpha value is -2.73. The zero-order chi connectivity index (χ0) is 19.8. The first kappa shape index (κ1) is 20.6. The summed E-state index contributed by atoms with van der Waals surface area (Å²) in [6.45, 7) is 4.42. The average molecular weight is 372 g/mol. The molecule has 0 fully saturated rings.